The van der Waals surface area contributed by atoms with Crippen molar-refractivity contribution in [2.24, 2.45) is 0 Å². The Morgan fingerprint density at radius 3 is 2.06 bits per heavy atom. The third-order valence-corrected chi connectivity index (χ3v) is 2.06. The zero-order chi connectivity index (χ0) is 13.3. The normalized spacial score (nSPS) is 12.6. The van der Waals surface area contributed by atoms with Crippen LogP contribution in [-0.4, -0.2) is 12.8 Å². The maximum Gasteiger partial charge on any atom is 0.422 e. The van der Waals surface area contributed by atoms with E-state index in [0.717, 1.165) is 12.1 Å². The van der Waals surface area contributed by atoms with Gasteiger partial charge < -0.3 is 4.74 Å². The van der Waals surface area contributed by atoms with E-state index in [4.69, 9.17) is 0 Å². The molecule has 0 aliphatic heterocycles. The second kappa shape index (κ2) is 4.75. The van der Waals surface area contributed by atoms with Crippen LogP contribution in [0.1, 0.15) is 5.56 Å². The summed E-state index contributed by atoms with van der Waals surface area (Å²) in [6.07, 6.45) is -9.24. The molecule has 1 nitrogen and oxygen atoms in total. The standard InChI is InChI=1S/C9H5BrF6O/c10-6-1-5(9(14,15)16)2-7(3-6)17-4-8(11,12)13/h1-3H,4H2. The lowest BCUT2D eigenvalue weighted by Gasteiger charge is -2.12. The minimum atomic E-state index is -4.64. The maximum atomic E-state index is 12.3. The predicted molar refractivity (Wildman–Crippen MR) is 50.7 cm³/mol. The van der Waals surface area contributed by atoms with Gasteiger partial charge in [-0.1, -0.05) is 15.9 Å². The smallest absolute Gasteiger partial charge is 0.422 e. The minimum absolute atomic E-state index is 0.00972. The first-order valence-electron chi connectivity index (χ1n) is 4.15. The summed E-state index contributed by atoms with van der Waals surface area (Å²) in [6, 6.07) is 2.29. The summed E-state index contributed by atoms with van der Waals surface area (Å²) in [5.41, 5.74) is -1.08. The first-order chi connectivity index (χ1) is 7.58. The molecule has 96 valence electrons. The van der Waals surface area contributed by atoms with Gasteiger partial charge in [0.1, 0.15) is 5.75 Å². The van der Waals surface area contributed by atoms with Crippen LogP contribution < -0.4 is 4.74 Å². The van der Waals surface area contributed by atoms with E-state index in [1.165, 1.54) is 0 Å². The van der Waals surface area contributed by atoms with Gasteiger partial charge in [0.05, 0.1) is 5.56 Å². The highest BCUT2D eigenvalue weighted by Crippen LogP contribution is 2.34. The van der Waals surface area contributed by atoms with Crippen molar-refractivity contribution in [2.75, 3.05) is 6.61 Å². The molecule has 0 saturated carbocycles. The number of hydrogen-bond donors (Lipinski definition) is 0. The SMILES string of the molecule is FC(F)(F)COc1cc(Br)cc(C(F)(F)F)c1. The van der Waals surface area contributed by atoms with Crippen molar-refractivity contribution in [2.45, 2.75) is 12.4 Å². The van der Waals surface area contributed by atoms with Crippen molar-refractivity contribution in [3.63, 3.8) is 0 Å². The molecule has 0 fully saturated rings. The summed E-state index contributed by atoms with van der Waals surface area (Å²) < 4.78 is 76.6. The summed E-state index contributed by atoms with van der Waals surface area (Å²) in [5.74, 6) is -0.496. The molecule has 0 amide bonds. The Balaban J connectivity index is 2.91. The lowest BCUT2D eigenvalue weighted by atomic mass is 10.2. The molecule has 1 aromatic carbocycles. The lowest BCUT2D eigenvalue weighted by molar-refractivity contribution is -0.153. The molecule has 0 aromatic heterocycles. The molecule has 0 atom stereocenters. The largest absolute Gasteiger partial charge is 0.484 e. The molecule has 17 heavy (non-hydrogen) atoms. The van der Waals surface area contributed by atoms with Crippen molar-refractivity contribution in [1.82, 2.24) is 0 Å². The molecule has 0 N–H and O–H groups in total. The van der Waals surface area contributed by atoms with Crippen molar-refractivity contribution in [3.05, 3.63) is 28.2 Å². The molecule has 0 radical (unpaired) electrons. The molecule has 0 bridgehead atoms. The fourth-order valence-electron chi connectivity index (χ4n) is 0.975. The number of benzene rings is 1. The van der Waals surface area contributed by atoms with E-state index < -0.39 is 30.3 Å². The van der Waals surface area contributed by atoms with Crippen molar-refractivity contribution in [3.8, 4) is 5.75 Å². The molecule has 1 rings (SSSR count). The summed E-state index contributed by atoms with van der Waals surface area (Å²) >= 11 is 2.76. The monoisotopic (exact) mass is 322 g/mol. The molecule has 1 aromatic rings. The Hall–Kier alpha value is -0.920. The van der Waals surface area contributed by atoms with E-state index in [1.54, 1.807) is 0 Å². The Kier molecular flexibility index (Phi) is 3.95. The fraction of sp³-hybridized carbons (Fsp3) is 0.333. The predicted octanol–water partition coefficient (Wildman–Crippen LogP) is 4.41. The van der Waals surface area contributed by atoms with Crippen LogP contribution in [0, 0.1) is 0 Å². The molecule has 0 heterocycles. The molecular weight excluding hydrogens is 318 g/mol. The zero-order valence-electron chi connectivity index (χ0n) is 7.99. The van der Waals surface area contributed by atoms with Crippen LogP contribution in [0.25, 0.3) is 0 Å². The zero-order valence-corrected chi connectivity index (χ0v) is 9.58. The number of hydrogen-bond acceptors (Lipinski definition) is 1. The summed E-state index contributed by atoms with van der Waals surface area (Å²) in [4.78, 5) is 0. The van der Waals surface area contributed by atoms with E-state index in [2.05, 4.69) is 20.7 Å². The van der Waals surface area contributed by atoms with Gasteiger partial charge in [0.2, 0.25) is 0 Å². The average molecular weight is 323 g/mol. The molecule has 0 spiro atoms. The van der Waals surface area contributed by atoms with Gasteiger partial charge in [0.25, 0.3) is 0 Å². The van der Waals surface area contributed by atoms with Gasteiger partial charge in [0.15, 0.2) is 6.61 Å². The highest BCUT2D eigenvalue weighted by molar-refractivity contribution is 9.10. The Morgan fingerprint density at radius 2 is 1.59 bits per heavy atom. The van der Waals surface area contributed by atoms with Crippen molar-refractivity contribution >= 4 is 15.9 Å². The number of ether oxygens (including phenoxy) is 1. The first-order valence-corrected chi connectivity index (χ1v) is 4.94. The second-order valence-corrected chi connectivity index (χ2v) is 3.99. The summed E-state index contributed by atoms with van der Waals surface area (Å²) in [5, 5.41) is 0. The molecule has 8 heteroatoms. The van der Waals surface area contributed by atoms with Gasteiger partial charge in [-0.3, -0.25) is 0 Å². The highest BCUT2D eigenvalue weighted by atomic mass is 79.9. The average Bonchev–Trinajstić information content (AvgIpc) is 2.11. The van der Waals surface area contributed by atoms with Crippen LogP contribution >= 0.6 is 15.9 Å². The van der Waals surface area contributed by atoms with E-state index in [0.29, 0.717) is 6.07 Å². The van der Waals surface area contributed by atoms with Crippen LogP contribution in [0.15, 0.2) is 22.7 Å². The highest BCUT2D eigenvalue weighted by Gasteiger charge is 2.32. The molecule has 0 unspecified atom stereocenters. The van der Waals surface area contributed by atoms with Gasteiger partial charge >= 0.3 is 12.4 Å². The lowest BCUT2D eigenvalue weighted by Crippen LogP contribution is -2.19. The van der Waals surface area contributed by atoms with Gasteiger partial charge in [-0.2, -0.15) is 26.3 Å². The second-order valence-electron chi connectivity index (χ2n) is 3.08. The van der Waals surface area contributed by atoms with Gasteiger partial charge in [-0.15, -0.1) is 0 Å². The first kappa shape index (κ1) is 14.1. The third-order valence-electron chi connectivity index (χ3n) is 1.60. The maximum absolute atomic E-state index is 12.3. The van der Waals surface area contributed by atoms with E-state index in [9.17, 15) is 26.3 Å². The Morgan fingerprint density at radius 1 is 1.00 bits per heavy atom. The molecular formula is C9H5BrF6O. The van der Waals surface area contributed by atoms with Crippen molar-refractivity contribution in [1.29, 1.82) is 0 Å². The molecule has 0 saturated heterocycles. The van der Waals surface area contributed by atoms with Crippen LogP contribution in [-0.2, 0) is 6.18 Å². The van der Waals surface area contributed by atoms with E-state index >= 15 is 0 Å². The Labute approximate surface area is 101 Å². The third kappa shape index (κ3) is 4.84. The molecule has 0 aliphatic carbocycles. The van der Waals surface area contributed by atoms with Crippen LogP contribution in [0.5, 0.6) is 5.75 Å². The number of halogens is 7. The van der Waals surface area contributed by atoms with Crippen LogP contribution in [0.4, 0.5) is 26.3 Å². The topological polar surface area (TPSA) is 9.23 Å². The molecule has 0 aliphatic rings. The van der Waals surface area contributed by atoms with Crippen molar-refractivity contribution < 1.29 is 31.1 Å². The number of alkyl halides is 6. The summed E-state index contributed by atoms with van der Waals surface area (Å²) in [7, 11) is 0. The van der Waals surface area contributed by atoms with Gasteiger partial charge in [-0.05, 0) is 18.2 Å². The fourth-order valence-corrected chi connectivity index (χ4v) is 1.45. The minimum Gasteiger partial charge on any atom is -0.484 e. The quantitative estimate of drug-likeness (QED) is 0.733. The van der Waals surface area contributed by atoms with E-state index in [1.807, 2.05) is 0 Å². The van der Waals surface area contributed by atoms with Crippen LogP contribution in [0.2, 0.25) is 0 Å². The van der Waals surface area contributed by atoms with Gasteiger partial charge in [-0.25, -0.2) is 0 Å². The summed E-state index contributed by atoms with van der Waals surface area (Å²) in [6.45, 7) is -1.64. The van der Waals surface area contributed by atoms with Crippen LogP contribution in [0.3, 0.4) is 0 Å². The van der Waals surface area contributed by atoms with Gasteiger partial charge in [0, 0.05) is 4.47 Å². The number of rotatable bonds is 2. The Bertz CT molecular complexity index is 397. The van der Waals surface area contributed by atoms with E-state index in [-0.39, 0.29) is 4.47 Å².